The molecular formula is C7H13NO5S. The first-order valence-corrected chi connectivity index (χ1v) is 5.05. The van der Waals surface area contributed by atoms with Gasteiger partial charge in [0, 0.05) is 0 Å². The van der Waals surface area contributed by atoms with Crippen LogP contribution in [0.2, 0.25) is 0 Å². The SMILES string of the molecule is C=CC(=O)NCO.C=CCS(=O)(=O)O. The maximum Gasteiger partial charge on any atom is 0.268 e. The predicted octanol–water partition coefficient (Wildman–Crippen LogP) is -0.701. The van der Waals surface area contributed by atoms with E-state index in [1.54, 1.807) is 0 Å². The van der Waals surface area contributed by atoms with Crippen molar-refractivity contribution in [1.82, 2.24) is 5.32 Å². The number of rotatable bonds is 4. The van der Waals surface area contributed by atoms with E-state index in [-0.39, 0.29) is 18.4 Å². The predicted molar refractivity (Wildman–Crippen MR) is 52.0 cm³/mol. The minimum absolute atomic E-state index is 0.329. The largest absolute Gasteiger partial charge is 0.376 e. The van der Waals surface area contributed by atoms with Crippen molar-refractivity contribution in [2.45, 2.75) is 0 Å². The van der Waals surface area contributed by atoms with Crippen LogP contribution >= 0.6 is 0 Å². The number of carbonyl (C=O) groups is 1. The smallest absolute Gasteiger partial charge is 0.268 e. The molecule has 0 bridgehead atoms. The number of nitrogens with one attached hydrogen (secondary N) is 1. The van der Waals surface area contributed by atoms with Gasteiger partial charge in [0.15, 0.2) is 0 Å². The molecule has 3 N–H and O–H groups in total. The fourth-order valence-corrected chi connectivity index (χ4v) is 0.597. The Labute approximate surface area is 82.7 Å². The van der Waals surface area contributed by atoms with Gasteiger partial charge < -0.3 is 10.4 Å². The molecule has 0 aliphatic carbocycles. The minimum Gasteiger partial charge on any atom is -0.376 e. The maximum atomic E-state index is 10.0. The van der Waals surface area contributed by atoms with Crippen molar-refractivity contribution in [3.63, 3.8) is 0 Å². The first kappa shape index (κ1) is 15.3. The maximum absolute atomic E-state index is 10.0. The molecule has 0 radical (unpaired) electrons. The summed E-state index contributed by atoms with van der Waals surface area (Å²) >= 11 is 0. The van der Waals surface area contributed by atoms with E-state index in [9.17, 15) is 13.2 Å². The first-order chi connectivity index (χ1) is 6.37. The zero-order valence-corrected chi connectivity index (χ0v) is 8.33. The van der Waals surface area contributed by atoms with E-state index in [0.29, 0.717) is 0 Å². The lowest BCUT2D eigenvalue weighted by Crippen LogP contribution is -2.20. The Kier molecular flexibility index (Phi) is 9.20. The zero-order chi connectivity index (χ0) is 11.6. The molecule has 0 aromatic heterocycles. The molecule has 0 saturated carbocycles. The molecule has 0 aromatic carbocycles. The quantitative estimate of drug-likeness (QED) is 0.253. The average Bonchev–Trinajstić information content (AvgIpc) is 2.03. The van der Waals surface area contributed by atoms with Crippen molar-refractivity contribution in [3.8, 4) is 0 Å². The van der Waals surface area contributed by atoms with E-state index >= 15 is 0 Å². The highest BCUT2D eigenvalue weighted by Gasteiger charge is 1.95. The molecular weight excluding hydrogens is 210 g/mol. The monoisotopic (exact) mass is 223 g/mol. The normalized spacial score (nSPS) is 9.29. The first-order valence-electron chi connectivity index (χ1n) is 3.44. The number of hydrogen-bond donors (Lipinski definition) is 3. The second-order valence-electron chi connectivity index (χ2n) is 1.94. The third-order valence-electron chi connectivity index (χ3n) is 0.767. The van der Waals surface area contributed by atoms with Crippen LogP contribution in [0.15, 0.2) is 25.3 Å². The van der Waals surface area contributed by atoms with E-state index < -0.39 is 10.1 Å². The van der Waals surface area contributed by atoms with Crippen molar-refractivity contribution < 1.29 is 22.9 Å². The molecule has 1 amide bonds. The van der Waals surface area contributed by atoms with Crippen molar-refractivity contribution in [1.29, 1.82) is 0 Å². The van der Waals surface area contributed by atoms with Gasteiger partial charge in [-0.15, -0.1) is 6.58 Å². The van der Waals surface area contributed by atoms with Crippen molar-refractivity contribution in [3.05, 3.63) is 25.3 Å². The van der Waals surface area contributed by atoms with Gasteiger partial charge in [-0.3, -0.25) is 9.35 Å². The van der Waals surface area contributed by atoms with Gasteiger partial charge >= 0.3 is 0 Å². The summed E-state index contributed by atoms with van der Waals surface area (Å²) in [5.41, 5.74) is 0. The van der Waals surface area contributed by atoms with Crippen LogP contribution in [0, 0.1) is 0 Å². The Hall–Kier alpha value is -1.18. The zero-order valence-electron chi connectivity index (χ0n) is 7.51. The summed E-state index contributed by atoms with van der Waals surface area (Å²) in [5, 5.41) is 10.1. The summed E-state index contributed by atoms with van der Waals surface area (Å²) in [6.45, 7) is 5.93. The fourth-order valence-electron chi connectivity index (χ4n) is 0.299. The Morgan fingerprint density at radius 1 is 1.43 bits per heavy atom. The Morgan fingerprint density at radius 3 is 2.00 bits per heavy atom. The van der Waals surface area contributed by atoms with Crippen molar-refractivity contribution in [2.75, 3.05) is 12.5 Å². The number of aliphatic hydroxyl groups excluding tert-OH is 1. The molecule has 14 heavy (non-hydrogen) atoms. The molecule has 0 heterocycles. The molecule has 0 saturated heterocycles. The lowest BCUT2D eigenvalue weighted by atomic mass is 10.6. The molecule has 6 nitrogen and oxygen atoms in total. The molecule has 0 rings (SSSR count). The molecule has 0 unspecified atom stereocenters. The summed E-state index contributed by atoms with van der Waals surface area (Å²) in [7, 11) is -3.79. The number of hydrogen-bond acceptors (Lipinski definition) is 4. The summed E-state index contributed by atoms with van der Waals surface area (Å²) in [6, 6.07) is 0. The lowest BCUT2D eigenvalue weighted by Gasteiger charge is -1.89. The van der Waals surface area contributed by atoms with E-state index in [4.69, 9.17) is 9.66 Å². The summed E-state index contributed by atoms with van der Waals surface area (Å²) < 4.78 is 27.3. The Bertz CT molecular complexity index is 282. The third-order valence-corrected chi connectivity index (χ3v) is 1.42. The highest BCUT2D eigenvalue weighted by atomic mass is 32.2. The van der Waals surface area contributed by atoms with Crippen molar-refractivity contribution >= 4 is 16.0 Å². The number of amides is 1. The van der Waals surface area contributed by atoms with Crippen LogP contribution in [-0.2, 0) is 14.9 Å². The van der Waals surface area contributed by atoms with Crippen LogP contribution in [0.3, 0.4) is 0 Å². The van der Waals surface area contributed by atoms with Crippen molar-refractivity contribution in [2.24, 2.45) is 0 Å². The molecule has 82 valence electrons. The Balaban J connectivity index is 0. The molecule has 0 atom stereocenters. The van der Waals surface area contributed by atoms with Gasteiger partial charge in [-0.1, -0.05) is 12.7 Å². The highest BCUT2D eigenvalue weighted by molar-refractivity contribution is 7.85. The summed E-state index contributed by atoms with van der Waals surface area (Å²) in [6.07, 6.45) is 2.21. The number of carbonyl (C=O) groups excluding carboxylic acids is 1. The highest BCUT2D eigenvalue weighted by Crippen LogP contribution is 1.78. The molecule has 0 fully saturated rings. The topological polar surface area (TPSA) is 104 Å². The molecule has 0 aliphatic rings. The van der Waals surface area contributed by atoms with Crippen LogP contribution in [0.1, 0.15) is 0 Å². The number of aliphatic hydroxyl groups is 1. The van der Waals surface area contributed by atoms with Gasteiger partial charge in [-0.25, -0.2) is 0 Å². The van der Waals surface area contributed by atoms with Crippen LogP contribution in [-0.4, -0.2) is 36.5 Å². The minimum atomic E-state index is -3.79. The van der Waals surface area contributed by atoms with Gasteiger partial charge in [0.25, 0.3) is 10.1 Å². The van der Waals surface area contributed by atoms with E-state index in [1.807, 2.05) is 0 Å². The fraction of sp³-hybridized carbons (Fsp3) is 0.286. The molecule has 0 spiro atoms. The second kappa shape index (κ2) is 8.42. The van der Waals surface area contributed by atoms with Gasteiger partial charge in [0.2, 0.25) is 5.91 Å². The molecule has 0 aliphatic heterocycles. The van der Waals surface area contributed by atoms with E-state index in [0.717, 1.165) is 12.2 Å². The van der Waals surface area contributed by atoms with Crippen LogP contribution in [0.25, 0.3) is 0 Å². The average molecular weight is 223 g/mol. The van der Waals surface area contributed by atoms with Crippen LogP contribution < -0.4 is 5.32 Å². The van der Waals surface area contributed by atoms with Gasteiger partial charge in [-0.05, 0) is 6.08 Å². The Morgan fingerprint density at radius 2 is 1.93 bits per heavy atom. The third kappa shape index (κ3) is 17.1. The standard InChI is InChI=1S/C4H7NO2.C3H6O3S/c1-2-4(7)5-3-6;1-2-3-7(4,5)6/h2,6H,1,3H2,(H,5,7);2H,1,3H2,(H,4,5,6). The summed E-state index contributed by atoms with van der Waals surface area (Å²) in [4.78, 5) is 10.0. The lowest BCUT2D eigenvalue weighted by molar-refractivity contribution is -0.117. The molecule has 7 heteroatoms. The molecule has 0 aromatic rings. The van der Waals surface area contributed by atoms with Crippen LogP contribution in [0.5, 0.6) is 0 Å². The van der Waals surface area contributed by atoms with Gasteiger partial charge in [0.05, 0.1) is 5.75 Å². The second-order valence-corrected chi connectivity index (χ2v) is 3.44. The van der Waals surface area contributed by atoms with Gasteiger partial charge in [0.1, 0.15) is 6.73 Å². The summed E-state index contributed by atoms with van der Waals surface area (Å²) in [5.74, 6) is -0.727. The van der Waals surface area contributed by atoms with E-state index in [2.05, 4.69) is 18.5 Å². The van der Waals surface area contributed by atoms with Gasteiger partial charge in [-0.2, -0.15) is 8.42 Å². The van der Waals surface area contributed by atoms with Crippen LogP contribution in [0.4, 0.5) is 0 Å². The van der Waals surface area contributed by atoms with E-state index in [1.165, 1.54) is 0 Å².